The normalized spacial score (nSPS) is 17.0. The van der Waals surface area contributed by atoms with Gasteiger partial charge in [-0.2, -0.15) is 34.4 Å². The summed E-state index contributed by atoms with van der Waals surface area (Å²) >= 11 is 0. The molecule has 0 amide bonds. The van der Waals surface area contributed by atoms with Gasteiger partial charge in [-0.15, -0.1) is 0 Å². The van der Waals surface area contributed by atoms with Gasteiger partial charge in [-0.1, -0.05) is 38.1 Å². The molecule has 2 N–H and O–H groups in total. The zero-order valence-electron chi connectivity index (χ0n) is 20.1. The topological polar surface area (TPSA) is 149 Å². The fourth-order valence-corrected chi connectivity index (χ4v) is 5.26. The lowest BCUT2D eigenvalue weighted by Gasteiger charge is -2.26. The second-order valence-corrected chi connectivity index (χ2v) is 12.6. The Morgan fingerprint density at radius 2 is 1.55 bits per heavy atom. The van der Waals surface area contributed by atoms with Crippen LogP contribution in [0.4, 0.5) is 17.6 Å². The first-order valence-corrected chi connectivity index (χ1v) is 13.5. The number of hydrogen-bond acceptors (Lipinski definition) is 10. The lowest BCUT2D eigenvalue weighted by molar-refractivity contribution is 0.0158. The third-order valence-electron chi connectivity index (χ3n) is 5.35. The molecule has 0 radical (unpaired) electrons. The highest BCUT2D eigenvalue weighted by atomic mass is 32.3. The van der Waals surface area contributed by atoms with Crippen molar-refractivity contribution < 1.29 is 57.8 Å². The molecule has 0 fully saturated rings. The summed E-state index contributed by atoms with van der Waals surface area (Å²) in [6, 6.07) is 7.36. The molecule has 0 bridgehead atoms. The zero-order chi connectivity index (χ0) is 28.7. The van der Waals surface area contributed by atoms with Gasteiger partial charge in [0, 0.05) is 16.7 Å². The fourth-order valence-electron chi connectivity index (χ4n) is 3.28. The summed E-state index contributed by atoms with van der Waals surface area (Å²) in [5.74, 6) is -5.09. The van der Waals surface area contributed by atoms with Crippen LogP contribution in [0.25, 0.3) is 0 Å². The van der Waals surface area contributed by atoms with E-state index in [4.69, 9.17) is 4.74 Å². The minimum atomic E-state index is -6.59. The standard InChI is InChI=1S/C22H23F4NO9S2/c1-20(2,3)15-8-13(10-28)18(14(9-15)11-29)35-37(30,31)22(25,26)38(32,33)36-27-19-16-6-4-5-7-17(16)34-12-21(19,23)24/h4-9,28-29H,10-12H2,1-3H3/b27-19-. The minimum Gasteiger partial charge on any atom is -0.486 e. The molecule has 2 aromatic carbocycles. The largest absolute Gasteiger partial charge is 0.519 e. The van der Waals surface area contributed by atoms with Crippen molar-refractivity contribution >= 4 is 25.9 Å². The number of aliphatic hydroxyl groups excluding tert-OH is 2. The highest BCUT2D eigenvalue weighted by Gasteiger charge is 2.63. The Morgan fingerprint density at radius 3 is 2.08 bits per heavy atom. The van der Waals surface area contributed by atoms with Crippen molar-refractivity contribution in [3.05, 3.63) is 58.7 Å². The molecule has 1 aliphatic rings. The van der Waals surface area contributed by atoms with E-state index in [1.165, 1.54) is 30.3 Å². The quantitative estimate of drug-likeness (QED) is 0.271. The predicted octanol–water partition coefficient (Wildman–Crippen LogP) is 3.01. The maximum atomic E-state index is 14.8. The molecule has 1 heterocycles. The molecule has 38 heavy (non-hydrogen) atoms. The van der Waals surface area contributed by atoms with Gasteiger partial charge in [-0.05, 0) is 35.2 Å². The molecule has 0 aliphatic carbocycles. The summed E-state index contributed by atoms with van der Waals surface area (Å²) in [6.45, 7) is 2.04. The van der Waals surface area contributed by atoms with Crippen LogP contribution in [0.3, 0.4) is 0 Å². The molecule has 2 aromatic rings. The van der Waals surface area contributed by atoms with Crippen LogP contribution < -0.4 is 8.92 Å². The van der Waals surface area contributed by atoms with Gasteiger partial charge in [0.1, 0.15) is 5.75 Å². The average Bonchev–Trinajstić information content (AvgIpc) is 2.82. The van der Waals surface area contributed by atoms with Gasteiger partial charge in [0.2, 0.25) is 0 Å². The number of alkyl halides is 4. The van der Waals surface area contributed by atoms with Crippen LogP contribution in [0.15, 0.2) is 41.6 Å². The summed E-state index contributed by atoms with van der Waals surface area (Å²) in [5, 5.41) is 22.0. The van der Waals surface area contributed by atoms with E-state index in [2.05, 4.69) is 13.6 Å². The first kappa shape index (κ1) is 29.6. The van der Waals surface area contributed by atoms with E-state index in [1.54, 1.807) is 20.8 Å². The third kappa shape index (κ3) is 5.43. The second-order valence-electron chi connectivity index (χ2n) is 9.15. The lowest BCUT2D eigenvalue weighted by Crippen LogP contribution is -2.43. The molecule has 16 heteroatoms. The van der Waals surface area contributed by atoms with Gasteiger partial charge >= 0.3 is 30.7 Å². The summed E-state index contributed by atoms with van der Waals surface area (Å²) in [5.41, 5.74) is -2.68. The Bertz CT molecular complexity index is 1440. The van der Waals surface area contributed by atoms with Crippen molar-refractivity contribution in [2.45, 2.75) is 49.9 Å². The maximum absolute atomic E-state index is 14.8. The number of fused-ring (bicyclic) bond motifs is 1. The van der Waals surface area contributed by atoms with Crippen LogP contribution in [0.2, 0.25) is 0 Å². The number of hydrogen-bond donors (Lipinski definition) is 2. The maximum Gasteiger partial charge on any atom is 0.519 e. The molecular weight excluding hydrogens is 562 g/mol. The molecular formula is C22H23F4NO9S2. The van der Waals surface area contributed by atoms with Gasteiger partial charge < -0.3 is 19.1 Å². The number of ether oxygens (including phenoxy) is 1. The van der Waals surface area contributed by atoms with Gasteiger partial charge in [0.25, 0.3) is 0 Å². The van der Waals surface area contributed by atoms with Crippen LogP contribution >= 0.6 is 0 Å². The van der Waals surface area contributed by atoms with Gasteiger partial charge in [-0.25, -0.2) is 0 Å². The van der Waals surface area contributed by atoms with E-state index < -0.39 is 73.0 Å². The highest BCUT2D eigenvalue weighted by Crippen LogP contribution is 2.39. The van der Waals surface area contributed by atoms with Crippen LogP contribution in [-0.2, 0) is 43.1 Å². The van der Waals surface area contributed by atoms with Crippen molar-refractivity contribution in [3.63, 3.8) is 0 Å². The van der Waals surface area contributed by atoms with E-state index in [0.29, 0.717) is 5.56 Å². The Labute approximate surface area is 215 Å². The number of rotatable bonds is 8. The zero-order valence-corrected chi connectivity index (χ0v) is 21.7. The van der Waals surface area contributed by atoms with Crippen molar-refractivity contribution in [2.24, 2.45) is 5.16 Å². The van der Waals surface area contributed by atoms with Crippen LogP contribution in [0.1, 0.15) is 43.0 Å². The number of nitrogens with zero attached hydrogens (tertiary/aromatic N) is 1. The number of oxime groups is 1. The SMILES string of the molecule is CC(C)(C)c1cc(CO)c(OS(=O)(=O)C(F)(F)S(=O)(=O)O/N=C2/c3ccccc3OCC2(F)F)c(CO)c1. The minimum absolute atomic E-state index is 0.173. The summed E-state index contributed by atoms with van der Waals surface area (Å²) in [7, 11) is -13.1. The van der Waals surface area contributed by atoms with E-state index in [9.17, 15) is 44.6 Å². The van der Waals surface area contributed by atoms with E-state index in [1.807, 2.05) is 0 Å². The molecule has 0 aromatic heterocycles. The molecule has 0 saturated heterocycles. The van der Waals surface area contributed by atoms with E-state index in [0.717, 1.165) is 6.07 Å². The van der Waals surface area contributed by atoms with Gasteiger partial charge in [-0.3, -0.25) is 4.28 Å². The molecule has 3 rings (SSSR count). The van der Waals surface area contributed by atoms with Crippen molar-refractivity contribution in [3.8, 4) is 11.5 Å². The van der Waals surface area contributed by atoms with Gasteiger partial charge in [0.05, 0.1) is 13.2 Å². The van der Waals surface area contributed by atoms with Crippen molar-refractivity contribution in [1.82, 2.24) is 0 Å². The van der Waals surface area contributed by atoms with E-state index >= 15 is 0 Å². The number of para-hydroxylation sites is 1. The molecule has 0 atom stereocenters. The molecule has 0 spiro atoms. The Balaban J connectivity index is 2.01. The first-order chi connectivity index (χ1) is 17.4. The number of aliphatic hydroxyl groups is 2. The van der Waals surface area contributed by atoms with Crippen LogP contribution in [0, 0.1) is 0 Å². The Kier molecular flexibility index (Phi) is 7.77. The summed E-state index contributed by atoms with van der Waals surface area (Å²) in [6.07, 6.45) is 0. The highest BCUT2D eigenvalue weighted by molar-refractivity contribution is 8.05. The molecule has 0 unspecified atom stereocenters. The molecule has 210 valence electrons. The van der Waals surface area contributed by atoms with Crippen LogP contribution in [-0.4, -0.2) is 49.9 Å². The fraction of sp³-hybridized carbons (Fsp3) is 0.409. The molecule has 1 aliphatic heterocycles. The monoisotopic (exact) mass is 585 g/mol. The smallest absolute Gasteiger partial charge is 0.486 e. The molecule has 10 nitrogen and oxygen atoms in total. The van der Waals surface area contributed by atoms with Crippen molar-refractivity contribution in [2.75, 3.05) is 6.61 Å². The van der Waals surface area contributed by atoms with Crippen LogP contribution in [0.5, 0.6) is 11.5 Å². The number of benzene rings is 2. The lowest BCUT2D eigenvalue weighted by atomic mass is 9.85. The average molecular weight is 586 g/mol. The summed E-state index contributed by atoms with van der Waals surface area (Å²) < 4.78 is 115. The molecule has 0 saturated carbocycles. The van der Waals surface area contributed by atoms with Crippen molar-refractivity contribution in [1.29, 1.82) is 0 Å². The van der Waals surface area contributed by atoms with E-state index in [-0.39, 0.29) is 16.9 Å². The Morgan fingerprint density at radius 1 is 1.00 bits per heavy atom. The summed E-state index contributed by atoms with van der Waals surface area (Å²) in [4.78, 5) is 0. The predicted molar refractivity (Wildman–Crippen MR) is 125 cm³/mol. The Hall–Kier alpha value is -2.95. The third-order valence-corrected chi connectivity index (χ3v) is 8.39. The first-order valence-electron chi connectivity index (χ1n) is 10.7. The van der Waals surface area contributed by atoms with Gasteiger partial charge in [0.15, 0.2) is 18.1 Å². The number of halogens is 4. The second kappa shape index (κ2) is 9.98.